The van der Waals surface area contributed by atoms with Crippen LogP contribution in [0, 0.1) is 17.0 Å². The van der Waals surface area contributed by atoms with Gasteiger partial charge in [-0.15, -0.1) is 0 Å². The molecular weight excluding hydrogens is 258 g/mol. The first kappa shape index (κ1) is 13.8. The van der Waals surface area contributed by atoms with Crippen molar-refractivity contribution in [1.29, 1.82) is 0 Å². The Balaban J connectivity index is 2.19. The molecule has 2 aromatic rings. The van der Waals surface area contributed by atoms with Crippen molar-refractivity contribution < 1.29 is 4.92 Å². The number of hydrogen-bond donors (Lipinski definition) is 3. The van der Waals surface area contributed by atoms with Crippen molar-refractivity contribution in [1.82, 2.24) is 4.98 Å². The van der Waals surface area contributed by atoms with E-state index in [2.05, 4.69) is 15.7 Å². The summed E-state index contributed by atoms with van der Waals surface area (Å²) in [5, 5.41) is 14.0. The molecule has 7 heteroatoms. The molecule has 0 saturated carbocycles. The molecule has 0 saturated heterocycles. The number of aryl methyl sites for hydroxylation is 1. The third-order valence-corrected chi connectivity index (χ3v) is 2.91. The van der Waals surface area contributed by atoms with Gasteiger partial charge in [-0.1, -0.05) is 0 Å². The van der Waals surface area contributed by atoms with Crippen LogP contribution in [0.2, 0.25) is 0 Å². The average molecular weight is 273 g/mol. The van der Waals surface area contributed by atoms with Gasteiger partial charge in [0.2, 0.25) is 0 Å². The van der Waals surface area contributed by atoms with Crippen molar-refractivity contribution in [2.75, 3.05) is 10.7 Å². The zero-order chi connectivity index (χ0) is 14.5. The number of nitrogens with zero attached hydrogens (tertiary/aromatic N) is 2. The molecule has 0 unspecified atom stereocenters. The second kappa shape index (κ2) is 5.98. The lowest BCUT2D eigenvalue weighted by atomic mass is 10.1. The van der Waals surface area contributed by atoms with Crippen molar-refractivity contribution in [3.63, 3.8) is 0 Å². The monoisotopic (exact) mass is 273 g/mol. The number of rotatable bonds is 5. The molecule has 2 rings (SSSR count). The Labute approximate surface area is 116 Å². The van der Waals surface area contributed by atoms with E-state index in [0.717, 1.165) is 11.1 Å². The van der Waals surface area contributed by atoms with Gasteiger partial charge in [-0.3, -0.25) is 20.9 Å². The highest BCUT2D eigenvalue weighted by molar-refractivity contribution is 5.63. The lowest BCUT2D eigenvalue weighted by Gasteiger charge is -2.10. The maximum atomic E-state index is 10.9. The normalized spacial score (nSPS) is 10.1. The van der Waals surface area contributed by atoms with E-state index in [1.54, 1.807) is 18.5 Å². The molecule has 0 bridgehead atoms. The quantitative estimate of drug-likeness (QED) is 0.438. The van der Waals surface area contributed by atoms with Crippen LogP contribution in [-0.4, -0.2) is 9.91 Å². The standard InChI is InChI=1S/C13H15N5O2/c1-9-7-15-3-2-10(9)8-16-11-4-12(17-14)6-13(5-11)18(19)20/h2-7,16-17H,8,14H2,1H3. The Hall–Kier alpha value is -2.67. The fourth-order valence-electron chi connectivity index (χ4n) is 1.80. The Morgan fingerprint density at radius 3 is 2.75 bits per heavy atom. The zero-order valence-corrected chi connectivity index (χ0v) is 11.0. The minimum Gasteiger partial charge on any atom is -0.381 e. The van der Waals surface area contributed by atoms with E-state index in [1.807, 2.05) is 13.0 Å². The summed E-state index contributed by atoms with van der Waals surface area (Å²) in [7, 11) is 0. The molecule has 0 atom stereocenters. The van der Waals surface area contributed by atoms with E-state index in [4.69, 9.17) is 5.84 Å². The van der Waals surface area contributed by atoms with Gasteiger partial charge in [-0.25, -0.2) is 0 Å². The number of anilines is 2. The maximum absolute atomic E-state index is 10.9. The van der Waals surface area contributed by atoms with Crippen molar-refractivity contribution in [3.05, 3.63) is 57.9 Å². The molecule has 20 heavy (non-hydrogen) atoms. The molecule has 0 aliphatic carbocycles. The third kappa shape index (κ3) is 3.21. The molecule has 1 heterocycles. The van der Waals surface area contributed by atoms with Crippen LogP contribution in [0.3, 0.4) is 0 Å². The van der Waals surface area contributed by atoms with Crippen LogP contribution in [0.4, 0.5) is 17.1 Å². The van der Waals surface area contributed by atoms with Gasteiger partial charge in [0, 0.05) is 36.8 Å². The summed E-state index contributed by atoms with van der Waals surface area (Å²) in [6.07, 6.45) is 3.49. The second-order valence-corrected chi connectivity index (χ2v) is 4.33. The Morgan fingerprint density at radius 1 is 1.35 bits per heavy atom. The highest BCUT2D eigenvalue weighted by Crippen LogP contribution is 2.24. The highest BCUT2D eigenvalue weighted by Gasteiger charge is 2.09. The Kier molecular flexibility index (Phi) is 4.11. The fraction of sp³-hybridized carbons (Fsp3) is 0.154. The minimum absolute atomic E-state index is 0.0191. The number of nitro groups is 1. The van der Waals surface area contributed by atoms with E-state index in [9.17, 15) is 10.1 Å². The lowest BCUT2D eigenvalue weighted by molar-refractivity contribution is -0.384. The number of pyridine rings is 1. The summed E-state index contributed by atoms with van der Waals surface area (Å²) >= 11 is 0. The highest BCUT2D eigenvalue weighted by atomic mass is 16.6. The predicted molar refractivity (Wildman–Crippen MR) is 77.2 cm³/mol. The number of hydrazine groups is 1. The number of aromatic nitrogens is 1. The molecule has 0 spiro atoms. The van der Waals surface area contributed by atoms with Crippen molar-refractivity contribution in [2.24, 2.45) is 5.84 Å². The van der Waals surface area contributed by atoms with Gasteiger partial charge in [0.05, 0.1) is 10.6 Å². The Bertz CT molecular complexity index is 630. The van der Waals surface area contributed by atoms with Crippen LogP contribution >= 0.6 is 0 Å². The van der Waals surface area contributed by atoms with E-state index >= 15 is 0 Å². The maximum Gasteiger partial charge on any atom is 0.273 e. The van der Waals surface area contributed by atoms with Crippen LogP contribution in [0.1, 0.15) is 11.1 Å². The minimum atomic E-state index is -0.455. The summed E-state index contributed by atoms with van der Waals surface area (Å²) < 4.78 is 0. The molecule has 104 valence electrons. The van der Waals surface area contributed by atoms with Crippen LogP contribution in [0.5, 0.6) is 0 Å². The summed E-state index contributed by atoms with van der Waals surface area (Å²) in [5.41, 5.74) is 5.64. The van der Waals surface area contributed by atoms with E-state index in [-0.39, 0.29) is 5.69 Å². The SMILES string of the molecule is Cc1cnccc1CNc1cc(NN)cc([N+](=O)[O-])c1. The Morgan fingerprint density at radius 2 is 2.10 bits per heavy atom. The lowest BCUT2D eigenvalue weighted by Crippen LogP contribution is -2.08. The first-order chi connectivity index (χ1) is 9.60. The molecular formula is C13H15N5O2. The van der Waals surface area contributed by atoms with Gasteiger partial charge >= 0.3 is 0 Å². The number of nitrogens with one attached hydrogen (secondary N) is 2. The molecule has 0 aliphatic rings. The number of nitrogen functional groups attached to an aromatic ring is 1. The average Bonchev–Trinajstić information content (AvgIpc) is 2.46. The first-order valence-corrected chi connectivity index (χ1v) is 5.99. The number of benzene rings is 1. The summed E-state index contributed by atoms with van der Waals surface area (Å²) in [6.45, 7) is 2.52. The molecule has 0 fully saturated rings. The summed E-state index contributed by atoms with van der Waals surface area (Å²) in [6, 6.07) is 6.46. The zero-order valence-electron chi connectivity index (χ0n) is 11.0. The van der Waals surface area contributed by atoms with E-state index < -0.39 is 4.92 Å². The molecule has 4 N–H and O–H groups in total. The summed E-state index contributed by atoms with van der Waals surface area (Å²) in [5.74, 6) is 5.31. The van der Waals surface area contributed by atoms with Crippen molar-refractivity contribution >= 4 is 17.1 Å². The van der Waals surface area contributed by atoms with Gasteiger partial charge < -0.3 is 10.7 Å². The number of nitro benzene ring substituents is 1. The smallest absolute Gasteiger partial charge is 0.273 e. The number of hydrogen-bond acceptors (Lipinski definition) is 6. The van der Waals surface area contributed by atoms with E-state index in [1.165, 1.54) is 12.1 Å². The van der Waals surface area contributed by atoms with Gasteiger partial charge in [0.25, 0.3) is 5.69 Å². The summed E-state index contributed by atoms with van der Waals surface area (Å²) in [4.78, 5) is 14.4. The molecule has 1 aromatic heterocycles. The predicted octanol–water partition coefficient (Wildman–Crippen LogP) is 2.20. The van der Waals surface area contributed by atoms with Gasteiger partial charge in [-0.05, 0) is 30.2 Å². The van der Waals surface area contributed by atoms with Crippen molar-refractivity contribution in [3.8, 4) is 0 Å². The third-order valence-electron chi connectivity index (χ3n) is 2.91. The molecule has 7 nitrogen and oxygen atoms in total. The van der Waals surface area contributed by atoms with Crippen LogP contribution < -0.4 is 16.6 Å². The second-order valence-electron chi connectivity index (χ2n) is 4.33. The first-order valence-electron chi connectivity index (χ1n) is 5.99. The molecule has 0 amide bonds. The van der Waals surface area contributed by atoms with Crippen LogP contribution in [0.25, 0.3) is 0 Å². The fourth-order valence-corrected chi connectivity index (χ4v) is 1.80. The molecule has 0 aliphatic heterocycles. The molecule has 1 aromatic carbocycles. The molecule has 0 radical (unpaired) electrons. The number of non-ortho nitro benzene ring substituents is 1. The van der Waals surface area contributed by atoms with Crippen LogP contribution in [0.15, 0.2) is 36.7 Å². The van der Waals surface area contributed by atoms with Gasteiger partial charge in [0.1, 0.15) is 0 Å². The largest absolute Gasteiger partial charge is 0.381 e. The number of nitrogens with two attached hydrogens (primary N) is 1. The van der Waals surface area contributed by atoms with E-state index in [0.29, 0.717) is 17.9 Å². The van der Waals surface area contributed by atoms with Crippen LogP contribution in [-0.2, 0) is 6.54 Å². The van der Waals surface area contributed by atoms with Crippen molar-refractivity contribution in [2.45, 2.75) is 13.5 Å². The topological polar surface area (TPSA) is 106 Å². The van der Waals surface area contributed by atoms with Gasteiger partial charge in [0.15, 0.2) is 0 Å². The van der Waals surface area contributed by atoms with Gasteiger partial charge in [-0.2, -0.15) is 0 Å².